The number of carbonyl (C=O) groups is 1. The average Bonchev–Trinajstić information content (AvgIpc) is 3.27. The Labute approximate surface area is 153 Å². The van der Waals surface area contributed by atoms with Crippen LogP contribution in [0.2, 0.25) is 0 Å². The number of hydrogen-bond acceptors (Lipinski definition) is 5. The van der Waals surface area contributed by atoms with Crippen LogP contribution >= 0.6 is 0 Å². The number of aryl methyl sites for hydroxylation is 1. The number of rotatable bonds is 4. The zero-order chi connectivity index (χ0) is 18.1. The van der Waals surface area contributed by atoms with E-state index in [0.717, 1.165) is 62.4 Å². The lowest BCUT2D eigenvalue weighted by Gasteiger charge is -2.40. The molecule has 4 rings (SSSR count). The van der Waals surface area contributed by atoms with Crippen LogP contribution in [0.4, 0.5) is 5.82 Å². The summed E-state index contributed by atoms with van der Waals surface area (Å²) < 4.78 is 8.30. The van der Waals surface area contributed by atoms with Crippen molar-refractivity contribution in [2.24, 2.45) is 0 Å². The van der Waals surface area contributed by atoms with Crippen molar-refractivity contribution in [3.63, 3.8) is 0 Å². The minimum Gasteiger partial charge on any atom is -0.370 e. The van der Waals surface area contributed by atoms with Crippen molar-refractivity contribution in [1.29, 1.82) is 0 Å². The molecule has 2 saturated heterocycles. The van der Waals surface area contributed by atoms with Crippen LogP contribution in [0, 0.1) is 0 Å². The van der Waals surface area contributed by atoms with Gasteiger partial charge in [-0.3, -0.25) is 4.79 Å². The summed E-state index contributed by atoms with van der Waals surface area (Å²) in [6.45, 7) is 6.22. The number of nitrogens with one attached hydrogen (secondary N) is 1. The SMILES string of the molecule is CCc1cc(N2CCC3(CC[C@@H](CNC(C)=O)O3)CC2)n2nccc2n1. The third kappa shape index (κ3) is 3.28. The lowest BCUT2D eigenvalue weighted by molar-refractivity contribution is -0.120. The molecule has 0 unspecified atom stereocenters. The molecule has 26 heavy (non-hydrogen) atoms. The summed E-state index contributed by atoms with van der Waals surface area (Å²) in [5, 5.41) is 7.33. The lowest BCUT2D eigenvalue weighted by atomic mass is 9.88. The molecule has 0 saturated carbocycles. The van der Waals surface area contributed by atoms with Gasteiger partial charge in [0.15, 0.2) is 5.65 Å². The van der Waals surface area contributed by atoms with Crippen LogP contribution in [0.3, 0.4) is 0 Å². The number of anilines is 1. The molecule has 4 heterocycles. The number of aromatic nitrogens is 3. The molecule has 140 valence electrons. The Bertz CT molecular complexity index is 794. The molecular weight excluding hydrogens is 330 g/mol. The summed E-state index contributed by atoms with van der Waals surface area (Å²) in [4.78, 5) is 18.2. The van der Waals surface area contributed by atoms with E-state index in [4.69, 9.17) is 4.74 Å². The van der Waals surface area contributed by atoms with E-state index in [1.165, 1.54) is 0 Å². The van der Waals surface area contributed by atoms with Crippen molar-refractivity contribution in [3.05, 3.63) is 24.0 Å². The second kappa shape index (κ2) is 6.87. The first-order valence-corrected chi connectivity index (χ1v) is 9.59. The highest BCUT2D eigenvalue weighted by atomic mass is 16.5. The fourth-order valence-corrected chi connectivity index (χ4v) is 4.16. The summed E-state index contributed by atoms with van der Waals surface area (Å²) in [5.74, 6) is 1.14. The first-order valence-electron chi connectivity index (χ1n) is 9.59. The Morgan fingerprint density at radius 1 is 1.38 bits per heavy atom. The zero-order valence-corrected chi connectivity index (χ0v) is 15.6. The van der Waals surface area contributed by atoms with Gasteiger partial charge in [0.1, 0.15) is 5.82 Å². The van der Waals surface area contributed by atoms with E-state index in [1.807, 2.05) is 16.8 Å². The van der Waals surface area contributed by atoms with Gasteiger partial charge in [-0.15, -0.1) is 0 Å². The molecule has 1 atom stereocenters. The second-order valence-electron chi connectivity index (χ2n) is 7.45. The normalized spacial score (nSPS) is 22.2. The van der Waals surface area contributed by atoms with Crippen LogP contribution in [0.15, 0.2) is 18.3 Å². The largest absolute Gasteiger partial charge is 0.370 e. The summed E-state index contributed by atoms with van der Waals surface area (Å²) in [7, 11) is 0. The lowest BCUT2D eigenvalue weighted by Crippen LogP contribution is -2.45. The smallest absolute Gasteiger partial charge is 0.216 e. The van der Waals surface area contributed by atoms with Gasteiger partial charge >= 0.3 is 0 Å². The molecule has 0 radical (unpaired) electrons. The van der Waals surface area contributed by atoms with Gasteiger partial charge in [-0.1, -0.05) is 6.92 Å². The number of ether oxygens (including phenoxy) is 1. The maximum absolute atomic E-state index is 11.1. The molecule has 7 nitrogen and oxygen atoms in total. The minimum atomic E-state index is -0.0243. The standard InChI is InChI=1S/C19H27N5O2/c1-3-15-12-18(24-17(22-15)5-9-21-24)23-10-7-19(8-11-23)6-4-16(26-19)13-20-14(2)25/h5,9,12,16H,3-4,6-8,10-11,13H2,1-2H3,(H,20,25)/t16-/m0/s1. The van der Waals surface area contributed by atoms with Crippen LogP contribution in [0.1, 0.15) is 45.2 Å². The molecule has 1 spiro atoms. The number of piperidine rings is 1. The average molecular weight is 357 g/mol. The first-order chi connectivity index (χ1) is 12.6. The Kier molecular flexibility index (Phi) is 4.56. The topological polar surface area (TPSA) is 71.8 Å². The predicted octanol–water partition coefficient (Wildman–Crippen LogP) is 1.95. The van der Waals surface area contributed by atoms with Gasteiger partial charge in [0.2, 0.25) is 5.91 Å². The highest BCUT2D eigenvalue weighted by molar-refractivity contribution is 5.72. The van der Waals surface area contributed by atoms with Gasteiger partial charge in [-0.25, -0.2) is 4.98 Å². The second-order valence-corrected chi connectivity index (χ2v) is 7.45. The van der Waals surface area contributed by atoms with Crippen molar-refractivity contribution < 1.29 is 9.53 Å². The quantitative estimate of drug-likeness (QED) is 0.905. The molecule has 7 heteroatoms. The number of amides is 1. The first kappa shape index (κ1) is 17.3. The van der Waals surface area contributed by atoms with Gasteiger partial charge in [0.05, 0.1) is 17.9 Å². The predicted molar refractivity (Wildman–Crippen MR) is 99.3 cm³/mol. The molecule has 0 aliphatic carbocycles. The van der Waals surface area contributed by atoms with E-state index >= 15 is 0 Å². The number of fused-ring (bicyclic) bond motifs is 1. The van der Waals surface area contributed by atoms with E-state index in [-0.39, 0.29) is 17.6 Å². The van der Waals surface area contributed by atoms with Crippen LogP contribution < -0.4 is 10.2 Å². The summed E-state index contributed by atoms with van der Waals surface area (Å²) >= 11 is 0. The van der Waals surface area contributed by atoms with Gasteiger partial charge in [-0.2, -0.15) is 9.61 Å². The van der Waals surface area contributed by atoms with Gasteiger partial charge in [-0.05, 0) is 32.1 Å². The highest BCUT2D eigenvalue weighted by Crippen LogP contribution is 2.39. The number of nitrogens with zero attached hydrogens (tertiary/aromatic N) is 4. The molecule has 2 fully saturated rings. The Hall–Kier alpha value is -2.15. The summed E-state index contributed by atoms with van der Waals surface area (Å²) in [6, 6.07) is 4.12. The van der Waals surface area contributed by atoms with Gasteiger partial charge in [0, 0.05) is 44.4 Å². The van der Waals surface area contributed by atoms with Crippen molar-refractivity contribution in [3.8, 4) is 0 Å². The number of carbonyl (C=O) groups excluding carboxylic acids is 1. The molecule has 2 aromatic heterocycles. The van der Waals surface area contributed by atoms with E-state index in [0.29, 0.717) is 6.54 Å². The van der Waals surface area contributed by atoms with Gasteiger partial charge < -0.3 is 15.0 Å². The van der Waals surface area contributed by atoms with Crippen LogP contribution in [0.5, 0.6) is 0 Å². The molecule has 1 N–H and O–H groups in total. The Balaban J connectivity index is 1.44. The Morgan fingerprint density at radius 2 is 2.19 bits per heavy atom. The van der Waals surface area contributed by atoms with Crippen molar-refractivity contribution >= 4 is 17.4 Å². The zero-order valence-electron chi connectivity index (χ0n) is 15.6. The van der Waals surface area contributed by atoms with Crippen LogP contribution in [0.25, 0.3) is 5.65 Å². The van der Waals surface area contributed by atoms with E-state index in [1.54, 1.807) is 6.92 Å². The maximum Gasteiger partial charge on any atom is 0.216 e. The minimum absolute atomic E-state index is 0.0111. The highest BCUT2D eigenvalue weighted by Gasteiger charge is 2.42. The molecule has 0 aromatic carbocycles. The van der Waals surface area contributed by atoms with Crippen molar-refractivity contribution in [2.45, 2.75) is 57.7 Å². The molecule has 2 aliphatic rings. The molecule has 0 bridgehead atoms. The Morgan fingerprint density at radius 3 is 2.92 bits per heavy atom. The van der Waals surface area contributed by atoms with E-state index < -0.39 is 0 Å². The molecule has 2 aromatic rings. The third-order valence-corrected chi connectivity index (χ3v) is 5.67. The van der Waals surface area contributed by atoms with Crippen molar-refractivity contribution in [2.75, 3.05) is 24.5 Å². The molecular formula is C19H27N5O2. The van der Waals surface area contributed by atoms with E-state index in [9.17, 15) is 4.79 Å². The summed E-state index contributed by atoms with van der Waals surface area (Å²) in [6.07, 6.45) is 7.00. The van der Waals surface area contributed by atoms with Gasteiger partial charge in [0.25, 0.3) is 0 Å². The van der Waals surface area contributed by atoms with Crippen molar-refractivity contribution in [1.82, 2.24) is 19.9 Å². The molecule has 2 aliphatic heterocycles. The monoisotopic (exact) mass is 357 g/mol. The molecule has 1 amide bonds. The maximum atomic E-state index is 11.1. The van der Waals surface area contributed by atoms with Crippen LogP contribution in [-0.2, 0) is 16.0 Å². The fraction of sp³-hybridized carbons (Fsp3) is 0.632. The fourth-order valence-electron chi connectivity index (χ4n) is 4.16. The number of hydrogen-bond donors (Lipinski definition) is 1. The third-order valence-electron chi connectivity index (χ3n) is 5.67. The van der Waals surface area contributed by atoms with Crippen LogP contribution in [-0.4, -0.2) is 51.8 Å². The summed E-state index contributed by atoms with van der Waals surface area (Å²) in [5.41, 5.74) is 1.98. The van der Waals surface area contributed by atoms with E-state index in [2.05, 4.69) is 33.3 Å².